The minimum absolute atomic E-state index is 0.278. The first kappa shape index (κ1) is 13.4. The summed E-state index contributed by atoms with van der Waals surface area (Å²) in [5.74, 6) is -0.856. The zero-order valence-electron chi connectivity index (χ0n) is 10.0. The van der Waals surface area contributed by atoms with E-state index in [9.17, 15) is 12.8 Å². The van der Waals surface area contributed by atoms with Gasteiger partial charge in [-0.25, -0.2) is 22.5 Å². The number of hydrogen-bond acceptors (Lipinski definition) is 4. The topological polar surface area (TPSA) is 68.3 Å². The largest absolute Gasteiger partial charge is 0.380 e. The molecule has 1 unspecified atom stereocenters. The molecule has 1 aromatic heterocycles. The van der Waals surface area contributed by atoms with Gasteiger partial charge in [-0.15, -0.1) is 0 Å². The van der Waals surface area contributed by atoms with Gasteiger partial charge in [-0.05, 0) is 31.9 Å². The van der Waals surface area contributed by atoms with Crippen LogP contribution in [0.4, 0.5) is 4.39 Å². The molecule has 5 nitrogen and oxygen atoms in total. The van der Waals surface area contributed by atoms with E-state index in [4.69, 9.17) is 4.74 Å². The summed E-state index contributed by atoms with van der Waals surface area (Å²) in [6.45, 7) is 2.64. The maximum atomic E-state index is 13.5. The van der Waals surface area contributed by atoms with E-state index >= 15 is 0 Å². The summed E-state index contributed by atoms with van der Waals surface area (Å²) in [6.07, 6.45) is 2.67. The molecule has 1 fully saturated rings. The lowest BCUT2D eigenvalue weighted by molar-refractivity contribution is 0.0386. The molecule has 2 rings (SSSR count). The van der Waals surface area contributed by atoms with E-state index in [1.54, 1.807) is 6.92 Å². The molecular weight excluding hydrogens is 259 g/mol. The van der Waals surface area contributed by atoms with Crippen molar-refractivity contribution in [3.05, 3.63) is 24.1 Å². The molecule has 2 heterocycles. The number of nitrogens with one attached hydrogen (secondary N) is 1. The van der Waals surface area contributed by atoms with Gasteiger partial charge in [0.05, 0.1) is 12.1 Å². The number of sulfonamides is 1. The Morgan fingerprint density at radius 2 is 2.33 bits per heavy atom. The zero-order valence-corrected chi connectivity index (χ0v) is 10.8. The standard InChI is InChI=1S/C11H15FN2O3S/c1-11(5-3-7-17-8-11)14-18(15,16)10-9(12)4-2-6-13-10/h2,4,6,14H,3,5,7-8H2,1H3. The van der Waals surface area contributed by atoms with Gasteiger partial charge in [-0.2, -0.15) is 0 Å². The van der Waals surface area contributed by atoms with Crippen LogP contribution in [0.3, 0.4) is 0 Å². The average molecular weight is 274 g/mol. The highest BCUT2D eigenvalue weighted by Gasteiger charge is 2.34. The van der Waals surface area contributed by atoms with Crippen LogP contribution in [0, 0.1) is 5.82 Å². The van der Waals surface area contributed by atoms with E-state index in [0.717, 1.165) is 12.5 Å². The van der Waals surface area contributed by atoms with Crippen LogP contribution in [0.2, 0.25) is 0 Å². The third-order valence-electron chi connectivity index (χ3n) is 2.80. The Labute approximate surface area is 105 Å². The first-order valence-electron chi connectivity index (χ1n) is 5.65. The average Bonchev–Trinajstić information content (AvgIpc) is 2.28. The summed E-state index contributed by atoms with van der Waals surface area (Å²) in [4.78, 5) is 3.58. The number of rotatable bonds is 3. The van der Waals surface area contributed by atoms with E-state index < -0.39 is 26.4 Å². The second kappa shape index (κ2) is 4.91. The minimum atomic E-state index is -3.97. The van der Waals surface area contributed by atoms with Gasteiger partial charge in [-0.1, -0.05) is 0 Å². The van der Waals surface area contributed by atoms with Crippen molar-refractivity contribution in [3.8, 4) is 0 Å². The number of hydrogen-bond donors (Lipinski definition) is 1. The normalized spacial score (nSPS) is 25.0. The Morgan fingerprint density at radius 3 is 2.94 bits per heavy atom. The fraction of sp³-hybridized carbons (Fsp3) is 0.545. The zero-order chi connectivity index (χ0) is 13.2. The smallest absolute Gasteiger partial charge is 0.261 e. The number of aromatic nitrogens is 1. The molecule has 0 radical (unpaired) electrons. The molecule has 1 aliphatic heterocycles. The monoisotopic (exact) mass is 274 g/mol. The van der Waals surface area contributed by atoms with Gasteiger partial charge < -0.3 is 4.74 Å². The van der Waals surface area contributed by atoms with E-state index in [1.807, 2.05) is 0 Å². The SMILES string of the molecule is CC1(NS(=O)(=O)c2ncccc2F)CCCOC1. The summed E-state index contributed by atoms with van der Waals surface area (Å²) >= 11 is 0. The predicted octanol–water partition coefficient (Wildman–Crippen LogP) is 1.07. The quantitative estimate of drug-likeness (QED) is 0.895. The van der Waals surface area contributed by atoms with Crippen LogP contribution < -0.4 is 4.72 Å². The van der Waals surface area contributed by atoms with Crippen LogP contribution in [0.5, 0.6) is 0 Å². The number of halogens is 1. The van der Waals surface area contributed by atoms with Gasteiger partial charge in [-0.3, -0.25) is 0 Å². The van der Waals surface area contributed by atoms with E-state index in [0.29, 0.717) is 13.0 Å². The van der Waals surface area contributed by atoms with Gasteiger partial charge in [0.15, 0.2) is 5.82 Å². The van der Waals surface area contributed by atoms with E-state index in [2.05, 4.69) is 9.71 Å². The molecule has 18 heavy (non-hydrogen) atoms. The summed E-state index contributed by atoms with van der Waals surface area (Å²) in [5.41, 5.74) is -0.707. The number of pyridine rings is 1. The van der Waals surface area contributed by atoms with Crippen molar-refractivity contribution >= 4 is 10.0 Å². The highest BCUT2D eigenvalue weighted by Crippen LogP contribution is 2.21. The van der Waals surface area contributed by atoms with Gasteiger partial charge in [0.1, 0.15) is 0 Å². The number of ether oxygens (including phenoxy) is 1. The minimum Gasteiger partial charge on any atom is -0.380 e. The highest BCUT2D eigenvalue weighted by atomic mass is 32.2. The van der Waals surface area contributed by atoms with Crippen LogP contribution in [-0.4, -0.2) is 32.2 Å². The molecule has 0 aromatic carbocycles. The lowest BCUT2D eigenvalue weighted by Gasteiger charge is -2.33. The molecule has 1 aromatic rings. The van der Waals surface area contributed by atoms with Crippen molar-refractivity contribution < 1.29 is 17.5 Å². The van der Waals surface area contributed by atoms with Crippen molar-refractivity contribution in [2.75, 3.05) is 13.2 Å². The van der Waals surface area contributed by atoms with E-state index in [1.165, 1.54) is 12.3 Å². The summed E-state index contributed by atoms with van der Waals surface area (Å²) in [5, 5.41) is -0.572. The number of nitrogens with zero attached hydrogens (tertiary/aromatic N) is 1. The molecule has 1 N–H and O–H groups in total. The third-order valence-corrected chi connectivity index (χ3v) is 4.37. The maximum Gasteiger partial charge on any atom is 0.261 e. The highest BCUT2D eigenvalue weighted by molar-refractivity contribution is 7.89. The van der Waals surface area contributed by atoms with Crippen molar-refractivity contribution in [2.24, 2.45) is 0 Å². The lowest BCUT2D eigenvalue weighted by atomic mass is 9.97. The molecule has 7 heteroatoms. The van der Waals surface area contributed by atoms with Crippen molar-refractivity contribution in [1.29, 1.82) is 0 Å². The Hall–Kier alpha value is -1.05. The van der Waals surface area contributed by atoms with Crippen LogP contribution in [0.25, 0.3) is 0 Å². The molecule has 0 bridgehead atoms. The van der Waals surface area contributed by atoms with Gasteiger partial charge in [0.2, 0.25) is 5.03 Å². The van der Waals surface area contributed by atoms with Gasteiger partial charge >= 0.3 is 0 Å². The van der Waals surface area contributed by atoms with Crippen LogP contribution >= 0.6 is 0 Å². The molecule has 0 amide bonds. The Balaban J connectivity index is 2.25. The molecule has 0 aliphatic carbocycles. The Bertz CT molecular complexity index is 527. The lowest BCUT2D eigenvalue weighted by Crippen LogP contribution is -2.51. The van der Waals surface area contributed by atoms with Crippen LogP contribution in [-0.2, 0) is 14.8 Å². The first-order chi connectivity index (χ1) is 8.43. The van der Waals surface area contributed by atoms with Crippen LogP contribution in [0.1, 0.15) is 19.8 Å². The molecular formula is C11H15FN2O3S. The second-order valence-electron chi connectivity index (χ2n) is 4.61. The fourth-order valence-corrected chi connectivity index (χ4v) is 3.39. The summed E-state index contributed by atoms with van der Waals surface area (Å²) in [7, 11) is -3.97. The first-order valence-corrected chi connectivity index (χ1v) is 7.14. The molecule has 1 aliphatic rings. The van der Waals surface area contributed by atoms with Crippen molar-refractivity contribution in [3.63, 3.8) is 0 Å². The second-order valence-corrected chi connectivity index (χ2v) is 6.21. The molecule has 1 atom stereocenters. The van der Waals surface area contributed by atoms with Crippen LogP contribution in [0.15, 0.2) is 23.4 Å². The fourth-order valence-electron chi connectivity index (χ4n) is 1.96. The molecule has 0 spiro atoms. The summed E-state index contributed by atoms with van der Waals surface area (Å²) < 4.78 is 45.3. The molecule has 1 saturated heterocycles. The van der Waals surface area contributed by atoms with Gasteiger partial charge in [0, 0.05) is 12.8 Å². The van der Waals surface area contributed by atoms with Crippen molar-refractivity contribution in [1.82, 2.24) is 9.71 Å². The molecule has 0 saturated carbocycles. The van der Waals surface area contributed by atoms with Gasteiger partial charge in [0.25, 0.3) is 10.0 Å². The Morgan fingerprint density at radius 1 is 1.56 bits per heavy atom. The summed E-state index contributed by atoms with van der Waals surface area (Å²) in [6, 6.07) is 2.42. The predicted molar refractivity (Wildman–Crippen MR) is 63.0 cm³/mol. The Kier molecular flexibility index (Phi) is 3.65. The maximum absolute atomic E-state index is 13.5. The molecule has 100 valence electrons. The third kappa shape index (κ3) is 2.85. The van der Waals surface area contributed by atoms with Crippen molar-refractivity contribution in [2.45, 2.75) is 30.3 Å². The van der Waals surface area contributed by atoms with E-state index in [-0.39, 0.29) is 6.61 Å².